The van der Waals surface area contributed by atoms with Crippen LogP contribution in [0.1, 0.15) is 62.0 Å². The average Bonchev–Trinajstić information content (AvgIpc) is 3.79. The van der Waals surface area contributed by atoms with Gasteiger partial charge in [0.15, 0.2) is 0 Å². The first kappa shape index (κ1) is 30.0. The minimum absolute atomic E-state index is 0.154. The highest BCUT2D eigenvalue weighted by molar-refractivity contribution is 6.32. The van der Waals surface area contributed by atoms with Crippen molar-refractivity contribution in [2.24, 2.45) is 11.8 Å². The molecule has 2 aromatic carbocycles. The predicted octanol–water partition coefficient (Wildman–Crippen LogP) is 3.28. The van der Waals surface area contributed by atoms with Gasteiger partial charge in [-0.2, -0.15) is 5.26 Å². The molecule has 0 bridgehead atoms. The van der Waals surface area contributed by atoms with E-state index in [2.05, 4.69) is 10.6 Å². The molecule has 0 radical (unpaired) electrons. The van der Waals surface area contributed by atoms with Gasteiger partial charge in [0.1, 0.15) is 6.07 Å². The van der Waals surface area contributed by atoms with E-state index in [9.17, 15) is 24.0 Å². The Hall–Kier alpha value is -4.43. The van der Waals surface area contributed by atoms with E-state index in [4.69, 9.17) is 16.9 Å². The highest BCUT2D eigenvalue weighted by atomic mass is 35.5. The van der Waals surface area contributed by atoms with Crippen LogP contribution in [-0.2, 0) is 16.1 Å². The van der Waals surface area contributed by atoms with E-state index >= 15 is 0 Å². The minimum atomic E-state index is -0.639. The molecule has 2 atom stereocenters. The number of carbonyl (C=O) groups excluding carboxylic acids is 3. The van der Waals surface area contributed by atoms with Crippen molar-refractivity contribution >= 4 is 45.9 Å². The molecule has 0 spiro atoms. The van der Waals surface area contributed by atoms with Crippen LogP contribution in [0.5, 0.6) is 0 Å². The van der Waals surface area contributed by atoms with Crippen LogP contribution in [0.25, 0.3) is 10.9 Å². The number of fused-ring (bicyclic) bond motifs is 1. The zero-order valence-electron chi connectivity index (χ0n) is 24.2. The highest BCUT2D eigenvalue weighted by Gasteiger charge is 2.34. The summed E-state index contributed by atoms with van der Waals surface area (Å²) in [6.45, 7) is 5.96. The molecule has 2 aliphatic rings. The minimum Gasteiger partial charge on any atom is -0.347 e. The van der Waals surface area contributed by atoms with Crippen LogP contribution < -0.4 is 21.9 Å². The monoisotopic (exact) mass is 604 g/mol. The maximum Gasteiger partial charge on any atom is 0.331 e. The maximum atomic E-state index is 13.5. The zero-order valence-corrected chi connectivity index (χ0v) is 25.0. The summed E-state index contributed by atoms with van der Waals surface area (Å²) in [5, 5.41) is 15.3. The van der Waals surface area contributed by atoms with Gasteiger partial charge in [-0.3, -0.25) is 28.3 Å². The second kappa shape index (κ2) is 12.1. The van der Waals surface area contributed by atoms with Crippen molar-refractivity contribution in [1.82, 2.24) is 19.4 Å². The molecule has 2 N–H and O–H groups in total. The van der Waals surface area contributed by atoms with Gasteiger partial charge in [0.05, 0.1) is 27.4 Å². The summed E-state index contributed by atoms with van der Waals surface area (Å²) in [4.78, 5) is 66.8. The molecule has 1 saturated carbocycles. The first-order valence-electron chi connectivity index (χ1n) is 14.3. The number of carbonyl (C=O) groups is 3. The Kier molecular flexibility index (Phi) is 8.42. The summed E-state index contributed by atoms with van der Waals surface area (Å²) >= 11 is 6.09. The molecule has 1 aliphatic carbocycles. The number of benzene rings is 2. The van der Waals surface area contributed by atoms with Gasteiger partial charge in [-0.05, 0) is 75.4 Å². The fourth-order valence-corrected chi connectivity index (χ4v) is 5.81. The Bertz CT molecular complexity index is 1780. The van der Waals surface area contributed by atoms with Crippen LogP contribution in [0.3, 0.4) is 0 Å². The number of rotatable bonds is 7. The topological polar surface area (TPSA) is 146 Å². The first-order valence-corrected chi connectivity index (χ1v) is 14.7. The fourth-order valence-electron chi connectivity index (χ4n) is 5.59. The number of amides is 3. The Balaban J connectivity index is 1.37. The molecule has 12 heteroatoms. The number of likely N-dealkylation sites (tertiary alicyclic amines) is 1. The second-order valence-corrected chi connectivity index (χ2v) is 12.1. The van der Waals surface area contributed by atoms with Crippen molar-refractivity contribution in [3.05, 3.63) is 73.4 Å². The van der Waals surface area contributed by atoms with Crippen molar-refractivity contribution in [1.29, 1.82) is 5.26 Å². The van der Waals surface area contributed by atoms with E-state index < -0.39 is 17.9 Å². The normalized spacial score (nSPS) is 18.4. The van der Waals surface area contributed by atoms with Crippen molar-refractivity contribution in [3.8, 4) is 6.07 Å². The lowest BCUT2D eigenvalue weighted by molar-refractivity contribution is -0.133. The average molecular weight is 605 g/mol. The molecule has 1 aromatic heterocycles. The molecule has 3 amide bonds. The molecule has 1 aliphatic heterocycles. The SMILES string of the molecule is CC(=O)N1C[C@@H](NC(=O)c2ccc(C#N)c(Cl)c2)C[C@@H](C(=O)Nc2ccc3c(c2)c(=O)n(CC2CC2)c(=O)n3C(C)C)C1. The van der Waals surface area contributed by atoms with Crippen molar-refractivity contribution in [3.63, 3.8) is 0 Å². The number of nitrogens with one attached hydrogen (secondary N) is 2. The standard InChI is InChI=1S/C31H33ClN6O5/c1-17(2)38-27-9-8-23(12-25(27)30(42)37(31(38)43)14-19-4-5-19)34-29(41)22-10-24(16-36(15-22)18(3)39)35-28(40)20-6-7-21(13-33)26(32)11-20/h6-9,11-12,17,19,22,24H,4-5,10,14-16H2,1-3H3,(H,34,41)(H,35,40)/t22-,24+/m1/s1. The van der Waals surface area contributed by atoms with Crippen LogP contribution in [-0.4, -0.2) is 50.9 Å². The number of hydrogen-bond donors (Lipinski definition) is 2. The first-order chi connectivity index (χ1) is 20.5. The number of halogens is 1. The number of piperidine rings is 1. The number of nitrogens with zero attached hydrogens (tertiary/aromatic N) is 4. The predicted molar refractivity (Wildman–Crippen MR) is 162 cm³/mol. The Labute approximate surface area is 253 Å². The van der Waals surface area contributed by atoms with Gasteiger partial charge in [-0.25, -0.2) is 4.79 Å². The number of nitriles is 1. The number of anilines is 1. The third-order valence-corrected chi connectivity index (χ3v) is 8.36. The number of hydrogen-bond acceptors (Lipinski definition) is 6. The van der Waals surface area contributed by atoms with E-state index in [1.807, 2.05) is 19.9 Å². The summed E-state index contributed by atoms with van der Waals surface area (Å²) < 4.78 is 2.90. The largest absolute Gasteiger partial charge is 0.347 e. The molecule has 11 nitrogen and oxygen atoms in total. The van der Waals surface area contributed by atoms with E-state index in [0.717, 1.165) is 12.8 Å². The van der Waals surface area contributed by atoms with Gasteiger partial charge in [-0.1, -0.05) is 11.6 Å². The quantitative estimate of drug-likeness (QED) is 0.423. The van der Waals surface area contributed by atoms with Gasteiger partial charge < -0.3 is 15.5 Å². The van der Waals surface area contributed by atoms with Crippen LogP contribution in [0, 0.1) is 23.2 Å². The van der Waals surface area contributed by atoms with Crippen LogP contribution in [0.15, 0.2) is 46.0 Å². The van der Waals surface area contributed by atoms with Crippen molar-refractivity contribution in [2.45, 2.75) is 58.7 Å². The summed E-state index contributed by atoms with van der Waals surface area (Å²) in [7, 11) is 0. The molecule has 43 heavy (non-hydrogen) atoms. The molecule has 3 aromatic rings. The van der Waals surface area contributed by atoms with Gasteiger partial charge >= 0.3 is 5.69 Å². The van der Waals surface area contributed by atoms with Crippen molar-refractivity contribution < 1.29 is 14.4 Å². The highest BCUT2D eigenvalue weighted by Crippen LogP contribution is 2.30. The summed E-state index contributed by atoms with van der Waals surface area (Å²) in [6.07, 6.45) is 2.26. The van der Waals surface area contributed by atoms with Gasteiger partial charge in [0, 0.05) is 49.9 Å². The molecule has 5 rings (SSSR count). The van der Waals surface area contributed by atoms with E-state index in [1.54, 1.807) is 22.8 Å². The van der Waals surface area contributed by atoms with Gasteiger partial charge in [0.2, 0.25) is 11.8 Å². The molecule has 1 saturated heterocycles. The zero-order chi connectivity index (χ0) is 31.0. The Morgan fingerprint density at radius 1 is 1.09 bits per heavy atom. The van der Waals surface area contributed by atoms with E-state index in [0.29, 0.717) is 29.1 Å². The molecular formula is C31H33ClN6O5. The van der Waals surface area contributed by atoms with Gasteiger partial charge in [-0.15, -0.1) is 0 Å². The van der Waals surface area contributed by atoms with Crippen LogP contribution in [0.4, 0.5) is 5.69 Å². The molecule has 0 unspecified atom stereocenters. The summed E-state index contributed by atoms with van der Waals surface area (Å²) in [5.41, 5.74) is 0.687. The number of aromatic nitrogens is 2. The maximum absolute atomic E-state index is 13.5. The molecule has 2 fully saturated rings. The fraction of sp³-hybridized carbons (Fsp3) is 0.419. The van der Waals surface area contributed by atoms with Gasteiger partial charge in [0.25, 0.3) is 11.5 Å². The van der Waals surface area contributed by atoms with Crippen LogP contribution in [0.2, 0.25) is 5.02 Å². The lowest BCUT2D eigenvalue weighted by Crippen LogP contribution is -2.54. The van der Waals surface area contributed by atoms with E-state index in [-0.39, 0.29) is 64.8 Å². The molecule has 224 valence electrons. The smallest absolute Gasteiger partial charge is 0.331 e. The third kappa shape index (κ3) is 6.34. The third-order valence-electron chi connectivity index (χ3n) is 8.04. The van der Waals surface area contributed by atoms with Crippen LogP contribution >= 0.6 is 11.6 Å². The molecule has 2 heterocycles. The lowest BCUT2D eigenvalue weighted by Gasteiger charge is -2.37. The Morgan fingerprint density at radius 2 is 1.84 bits per heavy atom. The summed E-state index contributed by atoms with van der Waals surface area (Å²) in [5.74, 6) is -1.34. The lowest BCUT2D eigenvalue weighted by atomic mass is 9.92. The molecular weight excluding hydrogens is 572 g/mol. The summed E-state index contributed by atoms with van der Waals surface area (Å²) in [6, 6.07) is 10.5. The Morgan fingerprint density at radius 3 is 2.47 bits per heavy atom. The second-order valence-electron chi connectivity index (χ2n) is 11.7. The van der Waals surface area contributed by atoms with Crippen molar-refractivity contribution in [2.75, 3.05) is 18.4 Å². The van der Waals surface area contributed by atoms with E-state index in [1.165, 1.54) is 34.6 Å².